The number of carbonyl (C=O) groups is 1. The number of rotatable bonds is 5. The second-order valence-electron chi connectivity index (χ2n) is 5.05. The topological polar surface area (TPSA) is 38.3 Å². The van der Waals surface area contributed by atoms with Crippen LogP contribution in [0.15, 0.2) is 18.2 Å². The number of nitrogens with one attached hydrogen (secondary N) is 1. The highest BCUT2D eigenvalue weighted by atomic mass is 19.1. The molecule has 1 saturated heterocycles. The fourth-order valence-corrected chi connectivity index (χ4v) is 2.37. The third-order valence-electron chi connectivity index (χ3n) is 3.46. The number of Topliss-reactive ketones (excluding diaryl/α,β-unsaturated/α-hetero) is 1. The summed E-state index contributed by atoms with van der Waals surface area (Å²) in [5.74, 6) is -0.896. The summed E-state index contributed by atoms with van der Waals surface area (Å²) in [4.78, 5) is 12.4. The SMILES string of the molecule is CCCNC1COCC1C(=O)c1cc(C)ccc1F. The largest absolute Gasteiger partial charge is 0.379 e. The van der Waals surface area contributed by atoms with Crippen LogP contribution in [-0.4, -0.2) is 31.6 Å². The Hall–Kier alpha value is -1.26. The molecule has 2 rings (SSSR count). The Morgan fingerprint density at radius 2 is 2.26 bits per heavy atom. The summed E-state index contributed by atoms with van der Waals surface area (Å²) in [5, 5.41) is 3.30. The van der Waals surface area contributed by atoms with Crippen LogP contribution >= 0.6 is 0 Å². The maximum absolute atomic E-state index is 13.8. The molecule has 0 aliphatic carbocycles. The van der Waals surface area contributed by atoms with Crippen molar-refractivity contribution in [1.82, 2.24) is 5.32 Å². The van der Waals surface area contributed by atoms with Crippen LogP contribution in [0.1, 0.15) is 29.3 Å². The van der Waals surface area contributed by atoms with Gasteiger partial charge in [0.1, 0.15) is 5.82 Å². The maximum atomic E-state index is 13.8. The van der Waals surface area contributed by atoms with Crippen LogP contribution in [0.2, 0.25) is 0 Å². The Morgan fingerprint density at radius 1 is 1.47 bits per heavy atom. The van der Waals surface area contributed by atoms with Crippen molar-refractivity contribution >= 4 is 5.78 Å². The van der Waals surface area contributed by atoms with Crippen molar-refractivity contribution in [1.29, 1.82) is 0 Å². The van der Waals surface area contributed by atoms with Gasteiger partial charge in [-0.25, -0.2) is 4.39 Å². The predicted molar refractivity (Wildman–Crippen MR) is 71.9 cm³/mol. The smallest absolute Gasteiger partial charge is 0.172 e. The lowest BCUT2D eigenvalue weighted by Gasteiger charge is -2.18. The van der Waals surface area contributed by atoms with Crippen molar-refractivity contribution in [2.24, 2.45) is 5.92 Å². The molecule has 1 aliphatic heterocycles. The van der Waals surface area contributed by atoms with Gasteiger partial charge in [-0.2, -0.15) is 0 Å². The summed E-state index contributed by atoms with van der Waals surface area (Å²) in [7, 11) is 0. The third kappa shape index (κ3) is 3.19. The number of ether oxygens (including phenoxy) is 1. The molecule has 0 spiro atoms. The quantitative estimate of drug-likeness (QED) is 0.830. The molecule has 1 aliphatic rings. The van der Waals surface area contributed by atoms with Gasteiger partial charge in [-0.05, 0) is 32.0 Å². The lowest BCUT2D eigenvalue weighted by Crippen LogP contribution is -2.39. The summed E-state index contributed by atoms with van der Waals surface area (Å²) < 4.78 is 19.1. The fraction of sp³-hybridized carbons (Fsp3) is 0.533. The van der Waals surface area contributed by atoms with Crippen LogP contribution in [0, 0.1) is 18.7 Å². The zero-order valence-electron chi connectivity index (χ0n) is 11.4. The van der Waals surface area contributed by atoms with Gasteiger partial charge in [0.2, 0.25) is 0 Å². The monoisotopic (exact) mass is 265 g/mol. The lowest BCUT2D eigenvalue weighted by atomic mass is 9.92. The molecule has 3 nitrogen and oxygen atoms in total. The number of hydrogen-bond donors (Lipinski definition) is 1. The van der Waals surface area contributed by atoms with Gasteiger partial charge in [0, 0.05) is 6.04 Å². The first-order valence-corrected chi connectivity index (χ1v) is 6.75. The second-order valence-corrected chi connectivity index (χ2v) is 5.05. The summed E-state index contributed by atoms with van der Waals surface area (Å²) >= 11 is 0. The van der Waals surface area contributed by atoms with Gasteiger partial charge < -0.3 is 10.1 Å². The Labute approximate surface area is 113 Å². The van der Waals surface area contributed by atoms with Crippen LogP contribution in [0.4, 0.5) is 4.39 Å². The molecule has 1 aromatic rings. The summed E-state index contributed by atoms with van der Waals surface area (Å²) in [5.41, 5.74) is 1.07. The van der Waals surface area contributed by atoms with E-state index in [1.54, 1.807) is 12.1 Å². The Morgan fingerprint density at radius 3 is 3.00 bits per heavy atom. The number of benzene rings is 1. The number of ketones is 1. The predicted octanol–water partition coefficient (Wildman–Crippen LogP) is 2.33. The zero-order valence-corrected chi connectivity index (χ0v) is 11.4. The Kier molecular flexibility index (Phi) is 4.66. The van der Waals surface area contributed by atoms with Crippen molar-refractivity contribution in [3.8, 4) is 0 Å². The normalized spacial score (nSPS) is 22.7. The van der Waals surface area contributed by atoms with Gasteiger partial charge in [-0.1, -0.05) is 18.6 Å². The Bertz CT molecular complexity index is 461. The van der Waals surface area contributed by atoms with E-state index in [-0.39, 0.29) is 23.3 Å². The molecule has 2 unspecified atom stereocenters. The molecule has 2 atom stereocenters. The van der Waals surface area contributed by atoms with E-state index in [0.717, 1.165) is 18.5 Å². The standard InChI is InChI=1S/C15H20FNO2/c1-3-6-17-14-9-19-8-12(14)15(18)11-7-10(2)4-5-13(11)16/h4-5,7,12,14,17H,3,6,8-9H2,1-2H3. The van der Waals surface area contributed by atoms with E-state index < -0.39 is 5.82 Å². The fourth-order valence-electron chi connectivity index (χ4n) is 2.37. The van der Waals surface area contributed by atoms with Crippen molar-refractivity contribution < 1.29 is 13.9 Å². The van der Waals surface area contributed by atoms with Crippen LogP contribution in [-0.2, 0) is 4.74 Å². The summed E-state index contributed by atoms with van der Waals surface area (Å²) in [6.07, 6.45) is 0.996. The average molecular weight is 265 g/mol. The lowest BCUT2D eigenvalue weighted by molar-refractivity contribution is 0.0887. The molecule has 1 N–H and O–H groups in total. The first-order chi connectivity index (χ1) is 9.13. The van der Waals surface area contributed by atoms with Gasteiger partial charge in [0.15, 0.2) is 5.78 Å². The highest BCUT2D eigenvalue weighted by molar-refractivity contribution is 5.99. The minimum absolute atomic E-state index is 0.00707. The molecule has 1 fully saturated rings. The highest BCUT2D eigenvalue weighted by Gasteiger charge is 2.35. The van der Waals surface area contributed by atoms with Crippen molar-refractivity contribution in [2.75, 3.05) is 19.8 Å². The maximum Gasteiger partial charge on any atom is 0.172 e. The number of hydrogen-bond acceptors (Lipinski definition) is 3. The molecule has 4 heteroatoms. The van der Waals surface area contributed by atoms with Crippen LogP contribution in [0.25, 0.3) is 0 Å². The van der Waals surface area contributed by atoms with Gasteiger partial charge in [-0.15, -0.1) is 0 Å². The van der Waals surface area contributed by atoms with Gasteiger partial charge in [0.05, 0.1) is 24.7 Å². The summed E-state index contributed by atoms with van der Waals surface area (Å²) in [6.45, 7) is 5.65. The number of halogens is 1. The average Bonchev–Trinajstić information content (AvgIpc) is 2.86. The molecule has 1 heterocycles. The number of carbonyl (C=O) groups excluding carboxylic acids is 1. The molecule has 1 aromatic carbocycles. The van der Waals surface area contributed by atoms with E-state index in [1.807, 2.05) is 6.92 Å². The molecule has 0 saturated carbocycles. The van der Waals surface area contributed by atoms with Gasteiger partial charge in [-0.3, -0.25) is 4.79 Å². The van der Waals surface area contributed by atoms with Crippen molar-refractivity contribution in [3.05, 3.63) is 35.1 Å². The minimum atomic E-state index is -0.447. The van der Waals surface area contributed by atoms with E-state index in [2.05, 4.69) is 12.2 Å². The number of aryl methyl sites for hydroxylation is 1. The molecule has 0 aromatic heterocycles. The van der Waals surface area contributed by atoms with Crippen molar-refractivity contribution in [3.63, 3.8) is 0 Å². The molecule has 19 heavy (non-hydrogen) atoms. The van der Waals surface area contributed by atoms with Crippen LogP contribution in [0.5, 0.6) is 0 Å². The molecule has 104 valence electrons. The molecule has 0 amide bonds. The second kappa shape index (κ2) is 6.26. The molecular formula is C15H20FNO2. The van der Waals surface area contributed by atoms with E-state index in [4.69, 9.17) is 4.74 Å². The van der Waals surface area contributed by atoms with Gasteiger partial charge >= 0.3 is 0 Å². The molecular weight excluding hydrogens is 245 g/mol. The van der Waals surface area contributed by atoms with Crippen LogP contribution < -0.4 is 5.32 Å². The zero-order chi connectivity index (χ0) is 13.8. The van der Waals surface area contributed by atoms with Crippen molar-refractivity contribution in [2.45, 2.75) is 26.3 Å². The van der Waals surface area contributed by atoms with E-state index in [1.165, 1.54) is 6.07 Å². The molecule has 0 radical (unpaired) electrons. The van der Waals surface area contributed by atoms with E-state index >= 15 is 0 Å². The molecule has 0 bridgehead atoms. The van der Waals surface area contributed by atoms with E-state index in [9.17, 15) is 9.18 Å². The first kappa shape index (κ1) is 14.2. The first-order valence-electron chi connectivity index (χ1n) is 6.75. The van der Waals surface area contributed by atoms with E-state index in [0.29, 0.717) is 13.2 Å². The minimum Gasteiger partial charge on any atom is -0.379 e. The summed E-state index contributed by atoms with van der Waals surface area (Å²) in [6, 6.07) is 4.64. The highest BCUT2D eigenvalue weighted by Crippen LogP contribution is 2.22. The Balaban J connectivity index is 2.16. The van der Waals surface area contributed by atoms with Crippen LogP contribution in [0.3, 0.4) is 0 Å². The third-order valence-corrected chi connectivity index (χ3v) is 3.46. The van der Waals surface area contributed by atoms with Gasteiger partial charge in [0.25, 0.3) is 0 Å².